The molecular weight excluding hydrogens is 1430 g/mol. The number of unbranched alkanes of at least 4 members (excludes halogenated alkanes) is 27. The fourth-order valence-electron chi connectivity index (χ4n) is 12.6. The van der Waals surface area contributed by atoms with Crippen LogP contribution in [0.4, 0.5) is 0 Å². The van der Waals surface area contributed by atoms with Crippen molar-refractivity contribution in [1.29, 1.82) is 0 Å². The molecule has 0 unspecified atom stereocenters. The first-order chi connectivity index (χ1) is 51.5. The summed E-state index contributed by atoms with van der Waals surface area (Å²) in [6.07, 6.45) is 42.4. The van der Waals surface area contributed by atoms with E-state index in [0.717, 1.165) is 51.7 Å². The van der Waals surface area contributed by atoms with E-state index in [1.807, 2.05) is 97.6 Å². The third kappa shape index (κ3) is 35.7. The van der Waals surface area contributed by atoms with Crippen LogP contribution < -0.4 is 0 Å². The minimum Gasteiger partial charge on any atom is -0.463 e. The SMILES string of the molecule is CCCCCCCCCCCCCCCCOCc1ccc(-c2ccc(-c3ccc(-c4cc(CCOCCOCCOCCOCCOCCOCCOC(=O)CCCCc5ccccc5)c(-c5ccc(-c6ccc(-c7ccc(COCCCCCCCCCCCCCCCC)s7)s6)s5)s4)s3)s2)s1. The van der Waals surface area contributed by atoms with Crippen molar-refractivity contribution in [3.63, 3.8) is 0 Å². The Labute approximate surface area is 654 Å². The van der Waals surface area contributed by atoms with Gasteiger partial charge in [0.15, 0.2) is 0 Å². The van der Waals surface area contributed by atoms with Crippen LogP contribution in [0.2, 0.25) is 0 Å². The molecule has 8 aromatic rings. The van der Waals surface area contributed by atoms with Gasteiger partial charge in [-0.1, -0.05) is 211 Å². The van der Waals surface area contributed by atoms with Crippen molar-refractivity contribution >= 4 is 85.3 Å². The lowest BCUT2D eigenvalue weighted by atomic mass is 10.0. The van der Waals surface area contributed by atoms with E-state index in [9.17, 15) is 4.79 Å². The highest BCUT2D eigenvalue weighted by molar-refractivity contribution is 7.31. The Bertz CT molecular complexity index is 3390. The van der Waals surface area contributed by atoms with Crippen LogP contribution in [0.1, 0.15) is 234 Å². The Kier molecular flexibility index (Phi) is 45.9. The highest BCUT2D eigenvalue weighted by Crippen LogP contribution is 2.48. The number of benzene rings is 1. The molecule has 574 valence electrons. The fraction of sp³-hybridized carbons (Fsp3) is 0.598. The molecule has 0 fully saturated rings. The molecule has 7 heterocycles. The second-order valence-corrected chi connectivity index (χ2v) is 35.0. The molecule has 0 atom stereocenters. The fourth-order valence-corrected chi connectivity index (χ4v) is 20.3. The van der Waals surface area contributed by atoms with Gasteiger partial charge in [-0.15, -0.1) is 79.4 Å². The minimum absolute atomic E-state index is 0.174. The molecule has 0 saturated heterocycles. The van der Waals surface area contributed by atoms with Gasteiger partial charge in [0, 0.05) is 87.9 Å². The van der Waals surface area contributed by atoms with Crippen LogP contribution in [0.15, 0.2) is 109 Å². The topological polar surface area (TPSA) is 100 Å². The quantitative estimate of drug-likeness (QED) is 0.0271. The summed E-state index contributed by atoms with van der Waals surface area (Å²) < 4.78 is 52.4. The van der Waals surface area contributed by atoms with E-state index < -0.39 is 0 Å². The Hall–Kier alpha value is -3.73. The minimum atomic E-state index is -0.174. The van der Waals surface area contributed by atoms with E-state index >= 15 is 0 Å². The van der Waals surface area contributed by atoms with Crippen LogP contribution in [0.5, 0.6) is 0 Å². The molecule has 1 aromatic carbocycles. The maximum atomic E-state index is 12.0. The standard InChI is InChI=1S/C87H124O10S7/c1-3-5-7-9-11-13-15-17-19-21-23-25-27-34-53-95-69-73-40-42-75(98-73)77-44-46-79(100-77)80-48-49-83(102-80)85-68-72(52-55-89-56-57-90-58-59-91-60-61-92-62-63-93-64-65-94-66-67-97-86(88)39-33-32-38-71-36-30-29-31-37-71)87(104-85)84-51-50-82(103-84)81-47-45-78(101-81)76-43-41-74(99-76)70-96-54-35-28-26-24-22-20-18-16-14-12-10-8-6-4-2/h29-31,36-37,40-51,68H,3-28,32-35,38-39,52-67,69-70H2,1-2H3. The van der Waals surface area contributed by atoms with Crippen molar-refractivity contribution in [2.24, 2.45) is 0 Å². The monoisotopic (exact) mass is 1550 g/mol. The zero-order chi connectivity index (χ0) is 72.2. The van der Waals surface area contributed by atoms with Crippen LogP contribution in [-0.4, -0.2) is 105 Å². The van der Waals surface area contributed by atoms with Gasteiger partial charge in [-0.3, -0.25) is 4.79 Å². The molecule has 0 radical (unpaired) electrons. The number of carbonyl (C=O) groups excluding carboxylic acids is 1. The second-order valence-electron chi connectivity index (χ2n) is 27.3. The maximum absolute atomic E-state index is 12.0. The first-order valence-electron chi connectivity index (χ1n) is 40.1. The van der Waals surface area contributed by atoms with Gasteiger partial charge < -0.3 is 42.6 Å². The van der Waals surface area contributed by atoms with Crippen LogP contribution >= 0.6 is 79.4 Å². The van der Waals surface area contributed by atoms with E-state index in [0.29, 0.717) is 98.9 Å². The number of carbonyl (C=O) groups is 1. The van der Waals surface area contributed by atoms with Crippen LogP contribution in [0, 0.1) is 0 Å². The first-order valence-corrected chi connectivity index (χ1v) is 45.8. The number of rotatable bonds is 66. The molecule has 0 N–H and O–H groups in total. The van der Waals surface area contributed by atoms with Gasteiger partial charge in [0.1, 0.15) is 6.61 Å². The van der Waals surface area contributed by atoms with Gasteiger partial charge in [0.05, 0.1) is 92.5 Å². The van der Waals surface area contributed by atoms with Gasteiger partial charge in [0.25, 0.3) is 0 Å². The summed E-state index contributed by atoms with van der Waals surface area (Å²) in [5.74, 6) is -0.174. The third-order valence-corrected chi connectivity index (χ3v) is 27.4. The number of hydrogen-bond acceptors (Lipinski definition) is 17. The highest BCUT2D eigenvalue weighted by Gasteiger charge is 2.19. The molecule has 0 bridgehead atoms. The van der Waals surface area contributed by atoms with Crippen molar-refractivity contribution in [1.82, 2.24) is 0 Å². The lowest BCUT2D eigenvalue weighted by Gasteiger charge is -2.09. The van der Waals surface area contributed by atoms with Crippen LogP contribution in [0.3, 0.4) is 0 Å². The molecule has 8 rings (SSSR count). The summed E-state index contributed by atoms with van der Waals surface area (Å²) >= 11 is 13.2. The van der Waals surface area contributed by atoms with Crippen molar-refractivity contribution in [3.8, 4) is 58.5 Å². The zero-order valence-electron chi connectivity index (χ0n) is 63.2. The largest absolute Gasteiger partial charge is 0.463 e. The molecular formula is C87H124O10S7. The smallest absolute Gasteiger partial charge is 0.305 e. The maximum Gasteiger partial charge on any atom is 0.305 e. The van der Waals surface area contributed by atoms with Crippen LogP contribution in [-0.2, 0) is 73.5 Å². The van der Waals surface area contributed by atoms with Crippen molar-refractivity contribution in [2.45, 2.75) is 239 Å². The van der Waals surface area contributed by atoms with Crippen LogP contribution in [0.25, 0.3) is 58.5 Å². The van der Waals surface area contributed by atoms with Gasteiger partial charge in [0.2, 0.25) is 0 Å². The van der Waals surface area contributed by atoms with Gasteiger partial charge in [-0.25, -0.2) is 0 Å². The Morgan fingerprint density at radius 3 is 1.00 bits per heavy atom. The third-order valence-electron chi connectivity index (χ3n) is 18.6. The number of aryl methyl sites for hydroxylation is 1. The molecule has 0 spiro atoms. The Balaban J connectivity index is 0.727. The number of esters is 1. The molecule has 104 heavy (non-hydrogen) atoms. The van der Waals surface area contributed by atoms with Gasteiger partial charge >= 0.3 is 5.97 Å². The predicted octanol–water partition coefficient (Wildman–Crippen LogP) is 26.7. The molecule has 0 saturated carbocycles. The molecule has 10 nitrogen and oxygen atoms in total. The second kappa shape index (κ2) is 55.6. The number of thiophene rings is 7. The number of hydrogen-bond donors (Lipinski definition) is 0. The van der Waals surface area contributed by atoms with E-state index in [1.54, 1.807) is 0 Å². The molecule has 0 aliphatic rings. The highest BCUT2D eigenvalue weighted by atomic mass is 32.1. The summed E-state index contributed by atoms with van der Waals surface area (Å²) in [5.41, 5.74) is 2.61. The van der Waals surface area contributed by atoms with Crippen molar-refractivity contribution < 1.29 is 47.4 Å². The average Bonchev–Trinajstić information content (AvgIpc) is 1.65. The summed E-state index contributed by atoms with van der Waals surface area (Å²) in [4.78, 5) is 30.3. The Morgan fingerprint density at radius 2 is 0.596 bits per heavy atom. The molecule has 0 amide bonds. The van der Waals surface area contributed by atoms with Gasteiger partial charge in [-0.05, 0) is 129 Å². The molecule has 17 heteroatoms. The summed E-state index contributed by atoms with van der Waals surface area (Å²) in [7, 11) is 0. The van der Waals surface area contributed by atoms with Crippen molar-refractivity contribution in [2.75, 3.05) is 99.1 Å². The van der Waals surface area contributed by atoms with E-state index in [2.05, 4.69) is 105 Å². The predicted molar refractivity (Wildman–Crippen MR) is 448 cm³/mol. The summed E-state index contributed by atoms with van der Waals surface area (Å²) in [6, 6.07) is 40.3. The normalized spacial score (nSPS) is 11.7. The van der Waals surface area contributed by atoms with Crippen molar-refractivity contribution in [3.05, 3.63) is 130 Å². The van der Waals surface area contributed by atoms with E-state index in [4.69, 9.17) is 42.6 Å². The molecule has 0 aliphatic heterocycles. The number of ether oxygens (including phenoxy) is 9. The van der Waals surface area contributed by atoms with E-state index in [-0.39, 0.29) is 12.6 Å². The van der Waals surface area contributed by atoms with E-state index in [1.165, 1.54) is 246 Å². The zero-order valence-corrected chi connectivity index (χ0v) is 68.9. The summed E-state index contributed by atoms with van der Waals surface area (Å²) in [5, 5.41) is 0. The first kappa shape index (κ1) is 85.9. The average molecular weight is 1550 g/mol. The summed E-state index contributed by atoms with van der Waals surface area (Å²) in [6.45, 7) is 13.7. The molecule has 7 aromatic heterocycles. The Morgan fingerprint density at radius 1 is 0.269 bits per heavy atom. The van der Waals surface area contributed by atoms with Gasteiger partial charge in [-0.2, -0.15) is 0 Å². The lowest BCUT2D eigenvalue weighted by Crippen LogP contribution is -2.15. The molecule has 0 aliphatic carbocycles. The lowest BCUT2D eigenvalue weighted by molar-refractivity contribution is -0.145.